The molecule has 1 fully saturated rings. The molecule has 0 spiro atoms. The summed E-state index contributed by atoms with van der Waals surface area (Å²) < 4.78 is 7.94. The lowest BCUT2D eigenvalue weighted by atomic mass is 9.96. The Bertz CT molecular complexity index is 1300. The molecule has 0 saturated carbocycles. The number of thiocarbonyl (C=S) groups is 1. The Morgan fingerprint density at radius 1 is 1.09 bits per heavy atom. The van der Waals surface area contributed by atoms with Gasteiger partial charge in [-0.3, -0.25) is 4.98 Å². The third-order valence-electron chi connectivity index (χ3n) is 6.37. The van der Waals surface area contributed by atoms with Crippen molar-refractivity contribution in [3.05, 3.63) is 106 Å². The lowest BCUT2D eigenvalue weighted by Gasteiger charge is -2.27. The molecule has 5 rings (SSSR count). The van der Waals surface area contributed by atoms with Gasteiger partial charge in [0.2, 0.25) is 0 Å². The molecule has 0 radical (unpaired) electrons. The maximum Gasteiger partial charge on any atom is 0.170 e. The fourth-order valence-electron chi connectivity index (χ4n) is 4.78. The second kappa shape index (κ2) is 8.69. The average molecular weight is 477 g/mol. The van der Waals surface area contributed by atoms with Crippen molar-refractivity contribution in [2.75, 3.05) is 0 Å². The number of hydrogen-bond donors (Lipinski definition) is 1. The molecule has 4 heterocycles. The van der Waals surface area contributed by atoms with Crippen molar-refractivity contribution in [3.8, 4) is 5.69 Å². The molecular weight excluding hydrogens is 452 g/mol. The van der Waals surface area contributed by atoms with E-state index in [0.29, 0.717) is 11.7 Å². The molecule has 4 aromatic rings. The van der Waals surface area contributed by atoms with E-state index in [4.69, 9.17) is 28.2 Å². The van der Waals surface area contributed by atoms with Crippen molar-refractivity contribution in [3.63, 3.8) is 0 Å². The molecule has 3 aromatic heterocycles. The van der Waals surface area contributed by atoms with Gasteiger partial charge in [-0.15, -0.1) is 0 Å². The summed E-state index contributed by atoms with van der Waals surface area (Å²) in [4.78, 5) is 6.85. The van der Waals surface area contributed by atoms with Gasteiger partial charge in [0.05, 0.1) is 30.6 Å². The molecule has 1 saturated heterocycles. The molecule has 2 atom stereocenters. The van der Waals surface area contributed by atoms with Gasteiger partial charge in [-0.1, -0.05) is 23.7 Å². The Labute approximate surface area is 204 Å². The molecule has 0 aliphatic carbocycles. The topological polar surface area (TPSA) is 46.2 Å². The van der Waals surface area contributed by atoms with Crippen LogP contribution in [0.15, 0.2) is 71.5 Å². The fraction of sp³-hybridized carbons (Fsp3) is 0.231. The van der Waals surface area contributed by atoms with E-state index in [2.05, 4.69) is 52.7 Å². The van der Waals surface area contributed by atoms with Crippen molar-refractivity contribution in [2.24, 2.45) is 0 Å². The van der Waals surface area contributed by atoms with Gasteiger partial charge in [-0.25, -0.2) is 0 Å². The zero-order valence-corrected chi connectivity index (χ0v) is 20.3. The molecule has 0 unspecified atom stereocenters. The zero-order chi connectivity index (χ0) is 23.1. The molecule has 7 heteroatoms. The van der Waals surface area contributed by atoms with Gasteiger partial charge in [0.25, 0.3) is 0 Å². The lowest BCUT2D eigenvalue weighted by Crippen LogP contribution is -2.29. The SMILES string of the molecule is Cc1c(Cl)cccc1-n1c(C)cc([C@@H]2[C@H](c3ccccn3)NC(=S)N2Cc2ccco2)c1C. The molecule has 1 aliphatic rings. The van der Waals surface area contributed by atoms with Crippen molar-refractivity contribution in [1.82, 2.24) is 19.8 Å². The Hall–Kier alpha value is -3.09. The second-order valence-electron chi connectivity index (χ2n) is 8.38. The summed E-state index contributed by atoms with van der Waals surface area (Å²) in [5, 5.41) is 4.97. The first-order valence-corrected chi connectivity index (χ1v) is 11.7. The maximum absolute atomic E-state index is 6.46. The van der Waals surface area contributed by atoms with E-state index in [0.717, 1.165) is 39.1 Å². The highest BCUT2D eigenvalue weighted by Gasteiger charge is 2.41. The highest BCUT2D eigenvalue weighted by atomic mass is 35.5. The Morgan fingerprint density at radius 3 is 2.67 bits per heavy atom. The molecule has 1 N–H and O–H groups in total. The zero-order valence-electron chi connectivity index (χ0n) is 18.7. The first-order chi connectivity index (χ1) is 16.0. The smallest absolute Gasteiger partial charge is 0.170 e. The summed E-state index contributed by atoms with van der Waals surface area (Å²) in [6.07, 6.45) is 3.52. The molecule has 1 aliphatic heterocycles. The van der Waals surface area contributed by atoms with Crippen molar-refractivity contribution in [1.29, 1.82) is 0 Å². The van der Waals surface area contributed by atoms with Crippen LogP contribution in [-0.4, -0.2) is 19.6 Å². The van der Waals surface area contributed by atoms with Gasteiger partial charge in [-0.05, 0) is 86.6 Å². The standard InChI is InChI=1S/C26H25ClN4OS/c1-16-14-20(18(3)31(16)23-11-6-9-21(27)17(23)2)25-24(22-10-4-5-12-28-22)29-26(33)30(25)15-19-8-7-13-32-19/h4-14,24-25H,15H2,1-3H3,(H,29,33)/t24-,25+/m0/s1. The molecule has 0 amide bonds. The number of aryl methyl sites for hydroxylation is 1. The Balaban J connectivity index is 1.65. The maximum atomic E-state index is 6.46. The van der Waals surface area contributed by atoms with Crippen LogP contribution in [0, 0.1) is 20.8 Å². The van der Waals surface area contributed by atoms with Crippen LogP contribution < -0.4 is 5.32 Å². The van der Waals surface area contributed by atoms with E-state index in [1.807, 2.05) is 48.7 Å². The molecule has 168 valence electrons. The van der Waals surface area contributed by atoms with E-state index < -0.39 is 0 Å². The summed E-state index contributed by atoms with van der Waals surface area (Å²) in [6.45, 7) is 6.92. The van der Waals surface area contributed by atoms with E-state index in [9.17, 15) is 0 Å². The Kier molecular flexibility index (Phi) is 5.72. The van der Waals surface area contributed by atoms with Gasteiger partial charge in [0.15, 0.2) is 5.11 Å². The van der Waals surface area contributed by atoms with Gasteiger partial charge < -0.3 is 19.2 Å². The number of nitrogens with one attached hydrogen (secondary N) is 1. The molecule has 1 aromatic carbocycles. The normalized spacial score (nSPS) is 18.1. The predicted octanol–water partition coefficient (Wildman–Crippen LogP) is 6.22. The van der Waals surface area contributed by atoms with Crippen LogP contribution in [0.5, 0.6) is 0 Å². The third-order valence-corrected chi connectivity index (χ3v) is 7.13. The van der Waals surface area contributed by atoms with Gasteiger partial charge >= 0.3 is 0 Å². The fourth-order valence-corrected chi connectivity index (χ4v) is 5.26. The van der Waals surface area contributed by atoms with E-state index >= 15 is 0 Å². The van der Waals surface area contributed by atoms with Crippen LogP contribution in [0.3, 0.4) is 0 Å². The monoisotopic (exact) mass is 476 g/mol. The second-order valence-corrected chi connectivity index (χ2v) is 9.17. The summed E-state index contributed by atoms with van der Waals surface area (Å²) in [5.74, 6) is 0.866. The molecule has 0 bridgehead atoms. The quantitative estimate of drug-likeness (QED) is 0.346. The molecule has 5 nitrogen and oxygen atoms in total. The van der Waals surface area contributed by atoms with Crippen LogP contribution in [0.4, 0.5) is 0 Å². The first-order valence-electron chi connectivity index (χ1n) is 10.9. The number of rotatable bonds is 5. The number of hydrogen-bond acceptors (Lipinski definition) is 3. The predicted molar refractivity (Wildman–Crippen MR) is 135 cm³/mol. The summed E-state index contributed by atoms with van der Waals surface area (Å²) in [5.41, 5.74) is 6.59. The third kappa shape index (κ3) is 3.83. The minimum absolute atomic E-state index is 0.0445. The molecular formula is C26H25ClN4OS. The van der Waals surface area contributed by atoms with Gasteiger partial charge in [-0.2, -0.15) is 0 Å². The number of furan rings is 1. The van der Waals surface area contributed by atoms with Crippen LogP contribution in [0.2, 0.25) is 5.02 Å². The largest absolute Gasteiger partial charge is 0.467 e. The minimum atomic E-state index is -0.0805. The lowest BCUT2D eigenvalue weighted by molar-refractivity contribution is 0.286. The molecule has 33 heavy (non-hydrogen) atoms. The summed E-state index contributed by atoms with van der Waals surface area (Å²) in [7, 11) is 0. The Morgan fingerprint density at radius 2 is 1.94 bits per heavy atom. The van der Waals surface area contributed by atoms with E-state index in [1.165, 1.54) is 5.56 Å². The van der Waals surface area contributed by atoms with Crippen molar-refractivity contribution >= 4 is 28.9 Å². The number of benzene rings is 1. The minimum Gasteiger partial charge on any atom is -0.467 e. The number of nitrogens with zero attached hydrogens (tertiary/aromatic N) is 3. The number of aromatic nitrogens is 2. The van der Waals surface area contributed by atoms with Gasteiger partial charge in [0.1, 0.15) is 5.76 Å². The highest BCUT2D eigenvalue weighted by Crippen LogP contribution is 2.42. The van der Waals surface area contributed by atoms with Gasteiger partial charge in [0, 0.05) is 28.3 Å². The highest BCUT2D eigenvalue weighted by molar-refractivity contribution is 7.80. The average Bonchev–Trinajstić information content (AvgIpc) is 3.51. The number of pyridine rings is 1. The van der Waals surface area contributed by atoms with Crippen LogP contribution in [0.25, 0.3) is 5.69 Å². The van der Waals surface area contributed by atoms with E-state index in [-0.39, 0.29) is 12.1 Å². The first kappa shape index (κ1) is 21.7. The van der Waals surface area contributed by atoms with Crippen molar-refractivity contribution in [2.45, 2.75) is 39.4 Å². The summed E-state index contributed by atoms with van der Waals surface area (Å²) in [6, 6.07) is 18.0. The van der Waals surface area contributed by atoms with Crippen LogP contribution >= 0.6 is 23.8 Å². The van der Waals surface area contributed by atoms with E-state index in [1.54, 1.807) is 6.26 Å². The van der Waals surface area contributed by atoms with Crippen molar-refractivity contribution < 1.29 is 4.42 Å². The van der Waals surface area contributed by atoms with Crippen LogP contribution in [-0.2, 0) is 6.54 Å². The number of halogens is 1. The summed E-state index contributed by atoms with van der Waals surface area (Å²) >= 11 is 12.3. The van der Waals surface area contributed by atoms with Crippen LogP contribution in [0.1, 0.15) is 46.1 Å².